The van der Waals surface area contributed by atoms with Crippen LogP contribution in [0.2, 0.25) is 0 Å². The highest BCUT2D eigenvalue weighted by Crippen LogP contribution is 2.30. The highest BCUT2D eigenvalue weighted by Gasteiger charge is 2.32. The van der Waals surface area contributed by atoms with Crippen LogP contribution in [0.3, 0.4) is 0 Å². The first-order valence-electron chi connectivity index (χ1n) is 7.92. The van der Waals surface area contributed by atoms with Crippen LogP contribution in [-0.2, 0) is 4.79 Å². The van der Waals surface area contributed by atoms with Crippen LogP contribution in [0, 0.1) is 15.5 Å². The third-order valence-electron chi connectivity index (χ3n) is 4.10. The number of nitrogens with zero attached hydrogens (tertiary/aromatic N) is 5. The fourth-order valence-corrected chi connectivity index (χ4v) is 3.40. The van der Waals surface area contributed by atoms with E-state index in [0.29, 0.717) is 22.3 Å². The summed E-state index contributed by atoms with van der Waals surface area (Å²) in [5.41, 5.74) is 2.63. The van der Waals surface area contributed by atoms with Crippen molar-refractivity contribution < 1.29 is 14.5 Å². The van der Waals surface area contributed by atoms with E-state index in [4.69, 9.17) is 10.1 Å². The van der Waals surface area contributed by atoms with E-state index in [0.717, 1.165) is 0 Å². The van der Waals surface area contributed by atoms with Crippen molar-refractivity contribution >= 4 is 46.0 Å². The van der Waals surface area contributed by atoms with Gasteiger partial charge < -0.3 is 9.30 Å². The van der Waals surface area contributed by atoms with Gasteiger partial charge in [-0.25, -0.2) is 0 Å². The Bertz CT molecular complexity index is 1120. The van der Waals surface area contributed by atoms with Gasteiger partial charge in [-0.2, -0.15) is 15.1 Å². The summed E-state index contributed by atoms with van der Waals surface area (Å²) in [6.45, 7) is 0. The number of aromatic nitrogens is 1. The number of nitro groups is 1. The second-order valence-electron chi connectivity index (χ2n) is 5.67. The average molecular weight is 396 g/mol. The number of aliphatic imine (C=N–C) groups is 1. The fourth-order valence-electron chi connectivity index (χ4n) is 2.79. The molecular weight excluding hydrogens is 384 g/mol. The molecule has 0 radical (unpaired) electrons. The van der Waals surface area contributed by atoms with Crippen LogP contribution in [0.4, 0.5) is 5.69 Å². The van der Waals surface area contributed by atoms with Gasteiger partial charge in [0.15, 0.2) is 11.0 Å². The number of rotatable bonds is 4. The lowest BCUT2D eigenvalue weighted by molar-refractivity contribution is -0.384. The highest BCUT2D eigenvalue weighted by atomic mass is 32.2. The second-order valence-corrected chi connectivity index (χ2v) is 6.48. The number of ether oxygens (including phenoxy) is 1. The van der Waals surface area contributed by atoms with Gasteiger partial charge in [-0.05, 0) is 36.0 Å². The summed E-state index contributed by atoms with van der Waals surface area (Å²) in [4.78, 5) is 26.8. The van der Waals surface area contributed by atoms with Gasteiger partial charge in [0.1, 0.15) is 5.75 Å². The number of nitro benzene ring substituents is 1. The molecule has 2 aliphatic heterocycles. The molecule has 1 aromatic heterocycles. The van der Waals surface area contributed by atoms with E-state index in [9.17, 15) is 14.9 Å². The van der Waals surface area contributed by atoms with Gasteiger partial charge in [0.2, 0.25) is 0 Å². The zero-order valence-electron chi connectivity index (χ0n) is 14.4. The normalized spacial score (nSPS) is 17.1. The number of non-ortho nitro benzene ring substituents is 1. The Hall–Kier alpha value is -3.73. The molecule has 3 heterocycles. The highest BCUT2D eigenvalue weighted by molar-refractivity contribution is 8.25. The van der Waals surface area contributed by atoms with Crippen molar-refractivity contribution in [3.63, 3.8) is 0 Å². The molecule has 1 N–H and O–H groups in total. The molecule has 28 heavy (non-hydrogen) atoms. The molecule has 0 saturated carbocycles. The van der Waals surface area contributed by atoms with Gasteiger partial charge in [0, 0.05) is 18.0 Å². The fraction of sp³-hybridized carbons (Fsp3) is 0.0588. The summed E-state index contributed by atoms with van der Waals surface area (Å²) in [5, 5.41) is 24.9. The summed E-state index contributed by atoms with van der Waals surface area (Å²) >= 11 is 1.17. The zero-order valence-corrected chi connectivity index (χ0v) is 15.2. The minimum atomic E-state index is -0.530. The number of amides is 1. The summed E-state index contributed by atoms with van der Waals surface area (Å²) < 4.78 is 7.00. The van der Waals surface area contributed by atoms with Crippen LogP contribution in [0.1, 0.15) is 5.69 Å². The van der Waals surface area contributed by atoms with Crippen LogP contribution in [0.25, 0.3) is 11.8 Å². The molecule has 10 nitrogen and oxygen atoms in total. The molecule has 4 rings (SSSR count). The molecule has 0 aliphatic carbocycles. The lowest BCUT2D eigenvalue weighted by Crippen LogP contribution is -2.35. The van der Waals surface area contributed by atoms with Crippen LogP contribution in [0.5, 0.6) is 5.75 Å². The first kappa shape index (κ1) is 17.7. The van der Waals surface area contributed by atoms with Crippen molar-refractivity contribution in [1.82, 2.24) is 9.58 Å². The molecule has 0 saturated heterocycles. The molecule has 11 heteroatoms. The van der Waals surface area contributed by atoms with Crippen molar-refractivity contribution in [1.29, 1.82) is 5.41 Å². The zero-order chi connectivity index (χ0) is 19.8. The quantitative estimate of drug-likeness (QED) is 0.481. The third kappa shape index (κ3) is 2.87. The predicted octanol–water partition coefficient (Wildman–Crippen LogP) is 2.64. The standard InChI is InChI=1S/C17H12N6O4S/c1-27-14-8-11(23(25)26)4-5-13(14)21-6-2-3-10(21)7-12-15(18)22-17(20-16(12)24)28-9-19-22/h2-9,18H,1H3/b12-7+,18-15?. The van der Waals surface area contributed by atoms with Crippen LogP contribution in [0.15, 0.2) is 52.2 Å². The van der Waals surface area contributed by atoms with E-state index >= 15 is 0 Å². The number of nitrogens with one attached hydrogen (secondary N) is 1. The van der Waals surface area contributed by atoms with Gasteiger partial charge in [-0.3, -0.25) is 20.3 Å². The summed E-state index contributed by atoms with van der Waals surface area (Å²) in [7, 11) is 1.42. The van der Waals surface area contributed by atoms with Gasteiger partial charge in [-0.15, -0.1) is 0 Å². The number of hydrogen-bond acceptors (Lipinski definition) is 7. The van der Waals surface area contributed by atoms with Crippen molar-refractivity contribution in [3.05, 3.63) is 57.9 Å². The summed E-state index contributed by atoms with van der Waals surface area (Å²) in [6, 6.07) is 7.76. The molecule has 0 unspecified atom stereocenters. The van der Waals surface area contributed by atoms with Crippen molar-refractivity contribution in [2.24, 2.45) is 10.1 Å². The molecule has 2 aliphatic rings. The number of carbonyl (C=O) groups excluding carboxylic acids is 1. The number of benzene rings is 1. The van der Waals surface area contributed by atoms with Gasteiger partial charge in [0.25, 0.3) is 11.6 Å². The molecule has 1 aromatic carbocycles. The van der Waals surface area contributed by atoms with E-state index in [1.165, 1.54) is 47.6 Å². The Morgan fingerprint density at radius 2 is 2.18 bits per heavy atom. The monoisotopic (exact) mass is 396 g/mol. The van der Waals surface area contributed by atoms with E-state index in [-0.39, 0.29) is 17.1 Å². The number of thioether (sulfide) groups is 1. The Morgan fingerprint density at radius 1 is 1.36 bits per heavy atom. The molecular formula is C17H12N6O4S. The first-order chi connectivity index (χ1) is 13.5. The van der Waals surface area contributed by atoms with Gasteiger partial charge in [0.05, 0.1) is 34.9 Å². The smallest absolute Gasteiger partial charge is 0.283 e. The Balaban J connectivity index is 1.78. The van der Waals surface area contributed by atoms with Crippen molar-refractivity contribution in [2.75, 3.05) is 7.11 Å². The number of methoxy groups -OCH3 is 1. The predicted molar refractivity (Wildman–Crippen MR) is 105 cm³/mol. The topological polar surface area (TPSA) is 126 Å². The molecule has 0 bridgehead atoms. The minimum absolute atomic E-state index is 0.0698. The lowest BCUT2D eigenvalue weighted by atomic mass is 10.1. The molecule has 140 valence electrons. The summed E-state index contributed by atoms with van der Waals surface area (Å²) in [5.74, 6) is -0.298. The Kier molecular flexibility index (Phi) is 4.28. The SMILES string of the molecule is COc1cc([N+](=O)[O-])ccc1-n1cccc1/C=C1\C(=N)N2N=CSC2=NC1=O. The van der Waals surface area contributed by atoms with Crippen molar-refractivity contribution in [2.45, 2.75) is 0 Å². The number of hydrogen-bond donors (Lipinski definition) is 1. The Labute approximate surface area is 162 Å². The molecule has 1 amide bonds. The lowest BCUT2D eigenvalue weighted by Gasteiger charge is -2.20. The molecule has 0 atom stereocenters. The number of fused-ring (bicyclic) bond motifs is 1. The van der Waals surface area contributed by atoms with E-state index in [1.807, 2.05) is 0 Å². The second kappa shape index (κ2) is 6.78. The molecule has 2 aromatic rings. The third-order valence-corrected chi connectivity index (χ3v) is 4.78. The van der Waals surface area contributed by atoms with Crippen LogP contribution in [-0.4, -0.2) is 44.1 Å². The number of carbonyl (C=O) groups is 1. The molecule has 0 fully saturated rings. The van der Waals surface area contributed by atoms with E-state index in [1.54, 1.807) is 29.0 Å². The average Bonchev–Trinajstić information content (AvgIpc) is 3.33. The van der Waals surface area contributed by atoms with E-state index in [2.05, 4.69) is 10.1 Å². The maximum Gasteiger partial charge on any atom is 0.283 e. The maximum absolute atomic E-state index is 12.4. The minimum Gasteiger partial charge on any atom is -0.494 e. The summed E-state index contributed by atoms with van der Waals surface area (Å²) in [6.07, 6.45) is 3.26. The van der Waals surface area contributed by atoms with Crippen molar-refractivity contribution in [3.8, 4) is 11.4 Å². The number of amidine groups is 2. The van der Waals surface area contributed by atoms with Gasteiger partial charge >= 0.3 is 0 Å². The Morgan fingerprint density at radius 3 is 2.93 bits per heavy atom. The molecule has 0 spiro atoms. The first-order valence-corrected chi connectivity index (χ1v) is 8.80. The van der Waals surface area contributed by atoms with Gasteiger partial charge in [-0.1, -0.05) is 0 Å². The maximum atomic E-state index is 12.4. The largest absolute Gasteiger partial charge is 0.494 e. The number of hydrazone groups is 1. The van der Waals surface area contributed by atoms with Crippen LogP contribution >= 0.6 is 11.8 Å². The van der Waals surface area contributed by atoms with E-state index < -0.39 is 10.8 Å². The van der Waals surface area contributed by atoms with Crippen LogP contribution < -0.4 is 4.74 Å².